The minimum absolute atomic E-state index is 0. The van der Waals surface area contributed by atoms with Crippen molar-refractivity contribution < 1.29 is 31.1 Å². The maximum absolute atomic E-state index is 12.9. The lowest BCUT2D eigenvalue weighted by molar-refractivity contribution is -0.137. The predicted molar refractivity (Wildman–Crippen MR) is 122 cm³/mol. The third kappa shape index (κ3) is 6.66. The summed E-state index contributed by atoms with van der Waals surface area (Å²) in [5.41, 5.74) is 1.23. The average molecular weight is 529 g/mol. The second-order valence-electron chi connectivity index (χ2n) is 7.40. The Morgan fingerprint density at radius 3 is 2.33 bits per heavy atom. The molecule has 1 N–H and O–H groups in total. The monoisotopic (exact) mass is 528 g/mol. The molecule has 3 rings (SSSR count). The highest BCUT2D eigenvalue weighted by Crippen LogP contribution is 2.34. The number of halogens is 5. The average Bonchev–Trinajstić information content (AvgIpc) is 2.75. The second-order valence-corrected chi connectivity index (χ2v) is 9.54. The van der Waals surface area contributed by atoms with E-state index in [4.69, 9.17) is 21.1 Å². The smallest absolute Gasteiger partial charge is 0.416 e. The van der Waals surface area contributed by atoms with E-state index in [9.17, 15) is 21.6 Å². The first-order valence-corrected chi connectivity index (χ1v) is 11.7. The van der Waals surface area contributed by atoms with Crippen molar-refractivity contribution in [2.45, 2.75) is 30.5 Å². The van der Waals surface area contributed by atoms with E-state index in [0.717, 1.165) is 30.7 Å². The SMILES string of the molecule is COc1cc2c(cc1OC)CN(CCCNS(=O)(=O)c1cc(C(F)(F)F)ccc1Cl)CC2.Cl. The lowest BCUT2D eigenvalue weighted by atomic mass is 9.98. The Morgan fingerprint density at radius 2 is 1.73 bits per heavy atom. The maximum Gasteiger partial charge on any atom is 0.416 e. The van der Waals surface area contributed by atoms with E-state index in [0.29, 0.717) is 37.1 Å². The summed E-state index contributed by atoms with van der Waals surface area (Å²) in [6.45, 7) is 2.17. The van der Waals surface area contributed by atoms with E-state index < -0.39 is 26.7 Å². The van der Waals surface area contributed by atoms with Gasteiger partial charge < -0.3 is 9.47 Å². The molecule has 1 aliphatic heterocycles. The van der Waals surface area contributed by atoms with Crippen LogP contribution in [0, 0.1) is 0 Å². The van der Waals surface area contributed by atoms with Crippen molar-refractivity contribution in [2.75, 3.05) is 33.9 Å². The predicted octanol–water partition coefficient (Wildman–Crippen LogP) is 4.52. The fourth-order valence-electron chi connectivity index (χ4n) is 3.61. The molecule has 6 nitrogen and oxygen atoms in total. The molecule has 1 heterocycles. The molecule has 0 aromatic heterocycles. The topological polar surface area (TPSA) is 67.9 Å². The first-order valence-electron chi connectivity index (χ1n) is 9.87. The van der Waals surface area contributed by atoms with Gasteiger partial charge in [-0.15, -0.1) is 12.4 Å². The van der Waals surface area contributed by atoms with Gasteiger partial charge in [0.25, 0.3) is 0 Å². The van der Waals surface area contributed by atoms with Gasteiger partial charge in [-0.3, -0.25) is 4.90 Å². The fourth-order valence-corrected chi connectivity index (χ4v) is 5.20. The summed E-state index contributed by atoms with van der Waals surface area (Å²) in [6.07, 6.45) is -3.36. The number of sulfonamides is 1. The zero-order chi connectivity index (χ0) is 23.5. The standard InChI is InChI=1S/C21H24ClF3N2O4S.ClH/c1-30-18-10-14-6-9-27(13-15(14)11-19(18)31-2)8-3-7-26-32(28,29)20-12-16(21(23,24)25)4-5-17(20)22;/h4-5,10-12,26H,3,6-9,13H2,1-2H3;1H. The molecule has 0 unspecified atom stereocenters. The van der Waals surface area contributed by atoms with Crippen LogP contribution >= 0.6 is 24.0 Å². The number of ether oxygens (including phenoxy) is 2. The molecule has 1 aliphatic rings. The van der Waals surface area contributed by atoms with Gasteiger partial charge in [0.15, 0.2) is 11.5 Å². The molecule has 0 bridgehead atoms. The summed E-state index contributed by atoms with van der Waals surface area (Å²) in [5, 5.41) is -0.262. The van der Waals surface area contributed by atoms with E-state index in [1.807, 2.05) is 12.1 Å². The van der Waals surface area contributed by atoms with Gasteiger partial charge in [0.05, 0.1) is 24.8 Å². The normalized spacial score (nSPS) is 14.4. The summed E-state index contributed by atoms with van der Waals surface area (Å²) in [7, 11) is -1.01. The van der Waals surface area contributed by atoms with Gasteiger partial charge in [-0.25, -0.2) is 13.1 Å². The molecule has 184 valence electrons. The number of fused-ring (bicyclic) bond motifs is 1. The molecule has 0 spiro atoms. The number of methoxy groups -OCH3 is 2. The van der Waals surface area contributed by atoms with Crippen LogP contribution in [0.2, 0.25) is 5.02 Å². The molecule has 0 saturated carbocycles. The molecular weight excluding hydrogens is 504 g/mol. The Balaban J connectivity index is 0.00000385. The highest BCUT2D eigenvalue weighted by atomic mass is 35.5. The van der Waals surface area contributed by atoms with Crippen LogP contribution in [-0.4, -0.2) is 47.2 Å². The Morgan fingerprint density at radius 1 is 1.09 bits per heavy atom. The molecule has 33 heavy (non-hydrogen) atoms. The van der Waals surface area contributed by atoms with Crippen LogP contribution in [0.5, 0.6) is 11.5 Å². The summed E-state index contributed by atoms with van der Waals surface area (Å²) < 4.78 is 76.7. The van der Waals surface area contributed by atoms with Gasteiger partial charge in [0.1, 0.15) is 4.90 Å². The Bertz CT molecular complexity index is 1080. The van der Waals surface area contributed by atoms with Crippen LogP contribution in [0.25, 0.3) is 0 Å². The van der Waals surface area contributed by atoms with Crippen LogP contribution in [-0.2, 0) is 29.2 Å². The van der Waals surface area contributed by atoms with Gasteiger partial charge in [-0.05, 0) is 60.8 Å². The third-order valence-electron chi connectivity index (χ3n) is 5.29. The van der Waals surface area contributed by atoms with Crippen molar-refractivity contribution in [3.8, 4) is 11.5 Å². The number of nitrogens with one attached hydrogen (secondary N) is 1. The molecule has 2 aromatic rings. The van der Waals surface area contributed by atoms with Gasteiger partial charge in [-0.1, -0.05) is 11.6 Å². The van der Waals surface area contributed by atoms with E-state index >= 15 is 0 Å². The number of rotatable bonds is 8. The summed E-state index contributed by atoms with van der Waals surface area (Å²) in [6, 6.07) is 6.15. The first kappa shape index (κ1) is 27.5. The number of nitrogens with zero attached hydrogens (tertiary/aromatic N) is 1. The molecule has 2 aromatic carbocycles. The molecule has 0 radical (unpaired) electrons. The minimum Gasteiger partial charge on any atom is -0.493 e. The summed E-state index contributed by atoms with van der Waals surface area (Å²) in [4.78, 5) is 1.60. The molecule has 0 saturated heterocycles. The first-order chi connectivity index (χ1) is 15.0. The van der Waals surface area contributed by atoms with Crippen LogP contribution in [0.1, 0.15) is 23.1 Å². The molecule has 0 aliphatic carbocycles. The van der Waals surface area contributed by atoms with Crippen molar-refractivity contribution in [1.29, 1.82) is 0 Å². The van der Waals surface area contributed by atoms with Gasteiger partial charge in [-0.2, -0.15) is 13.2 Å². The van der Waals surface area contributed by atoms with Crippen molar-refractivity contribution >= 4 is 34.0 Å². The van der Waals surface area contributed by atoms with Crippen LogP contribution in [0.4, 0.5) is 13.2 Å². The fraction of sp³-hybridized carbons (Fsp3) is 0.429. The molecule has 12 heteroatoms. The maximum atomic E-state index is 12.9. The molecule has 0 atom stereocenters. The van der Waals surface area contributed by atoms with E-state index in [-0.39, 0.29) is 24.0 Å². The lowest BCUT2D eigenvalue weighted by Gasteiger charge is -2.29. The number of alkyl halides is 3. The minimum atomic E-state index is -4.66. The Labute approximate surface area is 202 Å². The molecular formula is C21H25Cl2F3N2O4S. The van der Waals surface area contributed by atoms with Gasteiger partial charge in [0.2, 0.25) is 10.0 Å². The summed E-state index contributed by atoms with van der Waals surface area (Å²) in [5.74, 6) is 1.33. The number of benzene rings is 2. The van der Waals surface area contributed by atoms with E-state index in [1.165, 1.54) is 5.56 Å². The molecule has 0 amide bonds. The van der Waals surface area contributed by atoms with Gasteiger partial charge >= 0.3 is 6.18 Å². The van der Waals surface area contributed by atoms with E-state index in [1.54, 1.807) is 14.2 Å². The van der Waals surface area contributed by atoms with Crippen molar-refractivity contribution in [2.24, 2.45) is 0 Å². The van der Waals surface area contributed by atoms with Gasteiger partial charge in [0, 0.05) is 19.6 Å². The Hall–Kier alpha value is -1.72. The highest BCUT2D eigenvalue weighted by molar-refractivity contribution is 7.89. The van der Waals surface area contributed by atoms with Crippen molar-refractivity contribution in [3.05, 3.63) is 52.0 Å². The largest absolute Gasteiger partial charge is 0.493 e. The van der Waals surface area contributed by atoms with Crippen LogP contribution in [0.3, 0.4) is 0 Å². The molecule has 0 fully saturated rings. The summed E-state index contributed by atoms with van der Waals surface area (Å²) >= 11 is 5.85. The van der Waals surface area contributed by atoms with Crippen molar-refractivity contribution in [3.63, 3.8) is 0 Å². The van der Waals surface area contributed by atoms with E-state index in [2.05, 4.69) is 9.62 Å². The zero-order valence-electron chi connectivity index (χ0n) is 18.0. The number of hydrogen-bond donors (Lipinski definition) is 1. The second kappa shape index (κ2) is 11.1. The zero-order valence-corrected chi connectivity index (χ0v) is 20.4. The van der Waals surface area contributed by atoms with Crippen molar-refractivity contribution in [1.82, 2.24) is 9.62 Å². The van der Waals surface area contributed by atoms with Crippen LogP contribution < -0.4 is 14.2 Å². The third-order valence-corrected chi connectivity index (χ3v) is 7.23. The van der Waals surface area contributed by atoms with Crippen LogP contribution in [0.15, 0.2) is 35.2 Å². The highest BCUT2D eigenvalue weighted by Gasteiger charge is 2.32. The Kier molecular flexibility index (Phi) is 9.29. The quantitative estimate of drug-likeness (QED) is 0.510. The lowest BCUT2D eigenvalue weighted by Crippen LogP contribution is -2.34. The number of hydrogen-bond acceptors (Lipinski definition) is 5.